The molecule has 0 aromatic heterocycles. The van der Waals surface area contributed by atoms with Gasteiger partial charge in [0.25, 0.3) is 11.8 Å². The van der Waals surface area contributed by atoms with Crippen LogP contribution in [0.15, 0.2) is 35.4 Å². The number of allylic oxidation sites excluding steroid dienone is 1. The van der Waals surface area contributed by atoms with E-state index in [1.54, 1.807) is 34.7 Å². The van der Waals surface area contributed by atoms with Crippen molar-refractivity contribution in [1.29, 1.82) is 0 Å². The van der Waals surface area contributed by atoms with E-state index >= 15 is 0 Å². The topological polar surface area (TPSA) is 57.7 Å². The van der Waals surface area contributed by atoms with E-state index in [2.05, 4.69) is 0 Å². The molecule has 0 radical (unpaired) electrons. The average molecular weight is 310 g/mol. The molecular weight excluding hydrogens is 292 g/mol. The van der Waals surface area contributed by atoms with Gasteiger partial charge < -0.3 is 4.90 Å². The highest BCUT2D eigenvalue weighted by molar-refractivity contribution is 6.22. The van der Waals surface area contributed by atoms with Gasteiger partial charge in [-0.05, 0) is 37.8 Å². The lowest BCUT2D eigenvalue weighted by atomic mass is 10.0. The van der Waals surface area contributed by atoms with Crippen LogP contribution in [0.25, 0.3) is 0 Å². The van der Waals surface area contributed by atoms with Gasteiger partial charge in [0.15, 0.2) is 0 Å². The third kappa shape index (κ3) is 2.46. The van der Waals surface area contributed by atoms with Crippen molar-refractivity contribution in [3.63, 3.8) is 0 Å². The van der Waals surface area contributed by atoms with Crippen LogP contribution in [-0.4, -0.2) is 47.2 Å². The smallest absolute Gasteiger partial charge is 0.262 e. The first-order valence-corrected chi connectivity index (χ1v) is 8.08. The van der Waals surface area contributed by atoms with Gasteiger partial charge in [-0.3, -0.25) is 19.3 Å². The zero-order valence-electron chi connectivity index (χ0n) is 12.9. The molecule has 0 atom stereocenters. The SMILES string of the molecule is O=C(CN1C(=O)c2ccccc2C1=O)N1CCC(=C2CC2)CC1. The molecule has 3 amide bonds. The summed E-state index contributed by atoms with van der Waals surface area (Å²) >= 11 is 0. The molecule has 2 fully saturated rings. The van der Waals surface area contributed by atoms with Crippen LogP contribution < -0.4 is 0 Å². The fraction of sp³-hybridized carbons (Fsp3) is 0.389. The van der Waals surface area contributed by atoms with Crippen LogP contribution in [0.3, 0.4) is 0 Å². The minimum Gasteiger partial charge on any atom is -0.341 e. The van der Waals surface area contributed by atoms with E-state index in [9.17, 15) is 14.4 Å². The maximum absolute atomic E-state index is 12.5. The van der Waals surface area contributed by atoms with Crippen LogP contribution >= 0.6 is 0 Å². The minimum absolute atomic E-state index is 0.139. The number of carbonyl (C=O) groups excluding carboxylic acids is 3. The van der Waals surface area contributed by atoms with E-state index in [4.69, 9.17) is 0 Å². The summed E-state index contributed by atoms with van der Waals surface area (Å²) in [7, 11) is 0. The van der Waals surface area contributed by atoms with Crippen molar-refractivity contribution < 1.29 is 14.4 Å². The minimum atomic E-state index is -0.364. The number of benzene rings is 1. The Morgan fingerprint density at radius 3 is 1.91 bits per heavy atom. The summed E-state index contributed by atoms with van der Waals surface area (Å²) in [4.78, 5) is 39.9. The largest absolute Gasteiger partial charge is 0.341 e. The molecule has 5 nitrogen and oxygen atoms in total. The van der Waals surface area contributed by atoms with E-state index < -0.39 is 0 Å². The molecule has 1 saturated carbocycles. The van der Waals surface area contributed by atoms with Crippen LogP contribution in [0, 0.1) is 0 Å². The number of rotatable bonds is 2. The quantitative estimate of drug-likeness (QED) is 0.620. The van der Waals surface area contributed by atoms with Gasteiger partial charge in [-0.25, -0.2) is 0 Å². The molecule has 3 aliphatic rings. The molecule has 0 N–H and O–H groups in total. The summed E-state index contributed by atoms with van der Waals surface area (Å²) in [5.41, 5.74) is 3.86. The van der Waals surface area contributed by atoms with Gasteiger partial charge >= 0.3 is 0 Å². The van der Waals surface area contributed by atoms with E-state index in [1.165, 1.54) is 18.4 Å². The number of likely N-dealkylation sites (tertiary alicyclic amines) is 1. The number of carbonyl (C=O) groups is 3. The summed E-state index contributed by atoms with van der Waals surface area (Å²) in [6.45, 7) is 1.24. The van der Waals surface area contributed by atoms with Crippen molar-refractivity contribution in [2.45, 2.75) is 25.7 Å². The zero-order valence-corrected chi connectivity index (χ0v) is 12.9. The lowest BCUT2D eigenvalue weighted by molar-refractivity contribution is -0.131. The van der Waals surface area contributed by atoms with Gasteiger partial charge in [-0.15, -0.1) is 0 Å². The lowest BCUT2D eigenvalue weighted by Crippen LogP contribution is -2.44. The molecule has 1 aliphatic carbocycles. The number of fused-ring (bicyclic) bond motifs is 1. The van der Waals surface area contributed by atoms with Crippen LogP contribution in [0.1, 0.15) is 46.4 Å². The number of imide groups is 1. The first kappa shape index (κ1) is 14.2. The van der Waals surface area contributed by atoms with E-state index in [0.717, 1.165) is 17.7 Å². The monoisotopic (exact) mass is 310 g/mol. The van der Waals surface area contributed by atoms with Crippen molar-refractivity contribution in [1.82, 2.24) is 9.80 Å². The second-order valence-corrected chi connectivity index (χ2v) is 6.33. The maximum atomic E-state index is 12.5. The molecule has 118 valence electrons. The fourth-order valence-corrected chi connectivity index (χ4v) is 3.41. The Bertz CT molecular complexity index is 699. The summed E-state index contributed by atoms with van der Waals surface area (Å²) in [5, 5.41) is 0. The Hall–Kier alpha value is -2.43. The van der Waals surface area contributed by atoms with E-state index in [0.29, 0.717) is 24.2 Å². The second-order valence-electron chi connectivity index (χ2n) is 6.33. The summed E-state index contributed by atoms with van der Waals surface area (Å²) in [6, 6.07) is 6.73. The van der Waals surface area contributed by atoms with Gasteiger partial charge in [0.2, 0.25) is 5.91 Å². The number of nitrogens with zero attached hydrogens (tertiary/aromatic N) is 2. The predicted molar refractivity (Wildman–Crippen MR) is 83.9 cm³/mol. The molecule has 1 aromatic carbocycles. The van der Waals surface area contributed by atoms with Crippen LogP contribution in [-0.2, 0) is 4.79 Å². The Kier molecular flexibility index (Phi) is 3.29. The molecule has 0 unspecified atom stereocenters. The molecule has 2 heterocycles. The third-order valence-electron chi connectivity index (χ3n) is 4.89. The Morgan fingerprint density at radius 1 is 0.870 bits per heavy atom. The molecule has 2 aliphatic heterocycles. The Labute approximate surface area is 134 Å². The highest BCUT2D eigenvalue weighted by Crippen LogP contribution is 2.36. The molecule has 1 aromatic rings. The molecule has 1 saturated heterocycles. The highest BCUT2D eigenvalue weighted by atomic mass is 16.2. The van der Waals surface area contributed by atoms with Crippen LogP contribution in [0.4, 0.5) is 0 Å². The third-order valence-corrected chi connectivity index (χ3v) is 4.89. The van der Waals surface area contributed by atoms with Crippen molar-refractivity contribution in [3.8, 4) is 0 Å². The molecule has 4 rings (SSSR count). The zero-order chi connectivity index (χ0) is 16.0. The maximum Gasteiger partial charge on any atom is 0.262 e. The van der Waals surface area contributed by atoms with Crippen LogP contribution in [0.2, 0.25) is 0 Å². The Morgan fingerprint density at radius 2 is 1.39 bits per heavy atom. The standard InChI is InChI=1S/C18H18N2O3/c21-16(19-9-7-13(8-10-19)12-5-6-12)11-20-17(22)14-3-1-2-4-15(14)18(20)23/h1-4H,5-11H2. The summed E-state index contributed by atoms with van der Waals surface area (Å²) in [5.74, 6) is -0.868. The number of hydrogen-bond donors (Lipinski definition) is 0. The molecule has 23 heavy (non-hydrogen) atoms. The van der Waals surface area contributed by atoms with Gasteiger partial charge in [0.1, 0.15) is 6.54 Å². The second kappa shape index (κ2) is 5.33. The van der Waals surface area contributed by atoms with Gasteiger partial charge in [-0.2, -0.15) is 0 Å². The first-order valence-electron chi connectivity index (χ1n) is 8.08. The molecule has 5 heteroatoms. The summed E-state index contributed by atoms with van der Waals surface area (Å²) in [6.07, 6.45) is 4.31. The van der Waals surface area contributed by atoms with Crippen molar-refractivity contribution in [3.05, 3.63) is 46.5 Å². The summed E-state index contributed by atoms with van der Waals surface area (Å²) < 4.78 is 0. The molecule has 0 spiro atoms. The molecule has 0 bridgehead atoms. The van der Waals surface area contributed by atoms with Crippen molar-refractivity contribution >= 4 is 17.7 Å². The van der Waals surface area contributed by atoms with Gasteiger partial charge in [0, 0.05) is 13.1 Å². The highest BCUT2D eigenvalue weighted by Gasteiger charge is 2.37. The van der Waals surface area contributed by atoms with Crippen molar-refractivity contribution in [2.24, 2.45) is 0 Å². The van der Waals surface area contributed by atoms with Crippen LogP contribution in [0.5, 0.6) is 0 Å². The predicted octanol–water partition coefficient (Wildman–Crippen LogP) is 2.00. The fourth-order valence-electron chi connectivity index (χ4n) is 3.41. The Balaban J connectivity index is 1.43. The van der Waals surface area contributed by atoms with E-state index in [1.807, 2.05) is 0 Å². The first-order chi connectivity index (χ1) is 11.1. The average Bonchev–Trinajstić information content (AvgIpc) is 3.40. The van der Waals surface area contributed by atoms with Gasteiger partial charge in [-0.1, -0.05) is 23.3 Å². The van der Waals surface area contributed by atoms with Gasteiger partial charge in [0.05, 0.1) is 11.1 Å². The molecular formula is C18H18N2O3. The normalized spacial score (nSPS) is 20.2. The number of hydrogen-bond acceptors (Lipinski definition) is 3. The lowest BCUT2D eigenvalue weighted by Gasteiger charge is -2.29. The number of amides is 3. The van der Waals surface area contributed by atoms with E-state index in [-0.39, 0.29) is 24.3 Å². The number of piperidine rings is 1. The van der Waals surface area contributed by atoms with Crippen molar-refractivity contribution in [2.75, 3.05) is 19.6 Å².